The number of nitrogens with zero attached hydrogens (tertiary/aromatic N) is 1. The Kier molecular flexibility index (Phi) is 2.72. The third-order valence-corrected chi connectivity index (χ3v) is 3.13. The molecule has 0 radical (unpaired) electrons. The smallest absolute Gasteiger partial charge is 0.234 e. The summed E-state index contributed by atoms with van der Waals surface area (Å²) in [6.45, 7) is 1.95. The number of carbonyl (C=O) groups is 2. The van der Waals surface area contributed by atoms with Crippen LogP contribution in [0.1, 0.15) is 23.5 Å². The van der Waals surface area contributed by atoms with Crippen molar-refractivity contribution in [2.24, 2.45) is 0 Å². The number of para-hydroxylation sites is 1. The molecule has 0 N–H and O–H groups in total. The van der Waals surface area contributed by atoms with Crippen molar-refractivity contribution >= 4 is 28.4 Å². The Bertz CT molecular complexity index is 470. The van der Waals surface area contributed by atoms with Gasteiger partial charge in [0, 0.05) is 13.5 Å². The predicted molar refractivity (Wildman–Crippen MR) is 62.8 cm³/mol. The zero-order valence-corrected chi connectivity index (χ0v) is 9.91. The first kappa shape index (κ1) is 11.1. The Morgan fingerprint density at radius 1 is 1.50 bits per heavy atom. The fourth-order valence-electron chi connectivity index (χ4n) is 2.26. The van der Waals surface area contributed by atoms with Crippen molar-refractivity contribution in [3.05, 3.63) is 29.3 Å². The Morgan fingerprint density at radius 3 is 2.81 bits per heavy atom. The maximum atomic E-state index is 12.0. The summed E-state index contributed by atoms with van der Waals surface area (Å²) in [4.78, 5) is 24.5. The van der Waals surface area contributed by atoms with E-state index < -0.39 is 11.2 Å². The van der Waals surface area contributed by atoms with Gasteiger partial charge in [-0.1, -0.05) is 18.2 Å². The molecule has 1 unspecified atom stereocenters. The number of fused-ring (bicyclic) bond motifs is 1. The monoisotopic (exact) mass is 237 g/mol. The number of likely N-dealkylation sites (N-methyl/N-ethyl adjacent to an activating group) is 1. The van der Waals surface area contributed by atoms with E-state index in [4.69, 9.17) is 11.6 Å². The Hall–Kier alpha value is -1.35. The standard InChI is InChI=1S/C12H12ClNO2/c1-7-4-3-5-8-9(6-10(13)15)12(16)14(2)11(7)8/h3-5,9H,6H2,1-2H3. The summed E-state index contributed by atoms with van der Waals surface area (Å²) in [5, 5.41) is -0.471. The van der Waals surface area contributed by atoms with Crippen LogP contribution in [0.3, 0.4) is 0 Å². The van der Waals surface area contributed by atoms with Crippen LogP contribution < -0.4 is 4.90 Å². The van der Waals surface area contributed by atoms with Crippen LogP contribution in [0.4, 0.5) is 5.69 Å². The summed E-state index contributed by atoms with van der Waals surface area (Å²) < 4.78 is 0. The zero-order valence-electron chi connectivity index (χ0n) is 9.16. The minimum absolute atomic E-state index is 0.0571. The molecule has 4 heteroatoms. The van der Waals surface area contributed by atoms with Crippen LogP contribution in [0.15, 0.2) is 18.2 Å². The second-order valence-electron chi connectivity index (χ2n) is 4.02. The molecule has 1 amide bonds. The van der Waals surface area contributed by atoms with E-state index in [1.54, 1.807) is 11.9 Å². The molecule has 16 heavy (non-hydrogen) atoms. The van der Waals surface area contributed by atoms with E-state index in [0.717, 1.165) is 16.8 Å². The Morgan fingerprint density at radius 2 is 2.19 bits per heavy atom. The van der Waals surface area contributed by atoms with E-state index >= 15 is 0 Å². The molecular weight excluding hydrogens is 226 g/mol. The minimum Gasteiger partial charge on any atom is -0.314 e. The summed E-state index contributed by atoms with van der Waals surface area (Å²) in [6, 6.07) is 5.73. The SMILES string of the molecule is Cc1cccc2c1N(C)C(=O)C2CC(=O)Cl. The number of aryl methyl sites for hydroxylation is 1. The highest BCUT2D eigenvalue weighted by molar-refractivity contribution is 6.63. The molecule has 2 rings (SSSR count). The maximum absolute atomic E-state index is 12.0. The van der Waals surface area contributed by atoms with E-state index in [0.29, 0.717) is 0 Å². The van der Waals surface area contributed by atoms with Crippen molar-refractivity contribution < 1.29 is 9.59 Å². The van der Waals surface area contributed by atoms with Gasteiger partial charge in [0.15, 0.2) is 0 Å². The molecule has 1 aliphatic rings. The number of carbonyl (C=O) groups excluding carboxylic acids is 2. The summed E-state index contributed by atoms with van der Waals surface area (Å²) in [5.74, 6) is -0.469. The normalized spacial score (nSPS) is 18.8. The molecular formula is C12H12ClNO2. The average molecular weight is 238 g/mol. The molecule has 84 valence electrons. The lowest BCUT2D eigenvalue weighted by Crippen LogP contribution is -2.25. The van der Waals surface area contributed by atoms with Crippen molar-refractivity contribution in [1.82, 2.24) is 0 Å². The van der Waals surface area contributed by atoms with Gasteiger partial charge in [0.05, 0.1) is 11.6 Å². The molecule has 0 saturated heterocycles. The maximum Gasteiger partial charge on any atom is 0.234 e. The third kappa shape index (κ3) is 1.61. The fraction of sp³-hybridized carbons (Fsp3) is 0.333. The zero-order chi connectivity index (χ0) is 11.9. The van der Waals surface area contributed by atoms with Gasteiger partial charge in [-0.15, -0.1) is 0 Å². The van der Waals surface area contributed by atoms with Gasteiger partial charge in [0.25, 0.3) is 0 Å². The Balaban J connectivity index is 2.50. The van der Waals surface area contributed by atoms with Gasteiger partial charge in [-0.3, -0.25) is 9.59 Å². The third-order valence-electron chi connectivity index (χ3n) is 2.97. The molecule has 1 heterocycles. The number of amides is 1. The number of hydrogen-bond acceptors (Lipinski definition) is 2. The van der Waals surface area contributed by atoms with Gasteiger partial charge in [-0.2, -0.15) is 0 Å². The van der Waals surface area contributed by atoms with Gasteiger partial charge < -0.3 is 4.90 Å². The van der Waals surface area contributed by atoms with Gasteiger partial charge in [0.1, 0.15) is 0 Å². The lowest BCUT2D eigenvalue weighted by Gasteiger charge is -2.12. The first-order valence-electron chi connectivity index (χ1n) is 5.07. The molecule has 0 bridgehead atoms. The highest BCUT2D eigenvalue weighted by Crippen LogP contribution is 2.40. The van der Waals surface area contributed by atoms with Crippen LogP contribution in [-0.4, -0.2) is 18.2 Å². The number of rotatable bonds is 2. The van der Waals surface area contributed by atoms with Crippen LogP contribution >= 0.6 is 11.6 Å². The minimum atomic E-state index is -0.471. The second kappa shape index (κ2) is 3.91. The number of anilines is 1. The molecule has 1 atom stereocenters. The van der Waals surface area contributed by atoms with Crippen LogP contribution in [0.2, 0.25) is 0 Å². The quantitative estimate of drug-likeness (QED) is 0.740. The highest BCUT2D eigenvalue weighted by atomic mass is 35.5. The van der Waals surface area contributed by atoms with Crippen LogP contribution in [0.5, 0.6) is 0 Å². The van der Waals surface area contributed by atoms with E-state index in [9.17, 15) is 9.59 Å². The lowest BCUT2D eigenvalue weighted by atomic mass is 9.96. The van der Waals surface area contributed by atoms with Crippen molar-refractivity contribution in [3.8, 4) is 0 Å². The Labute approximate surface area is 99.0 Å². The second-order valence-corrected chi connectivity index (χ2v) is 4.44. The summed E-state index contributed by atoms with van der Waals surface area (Å²) in [7, 11) is 1.73. The van der Waals surface area contributed by atoms with Gasteiger partial charge in [-0.25, -0.2) is 0 Å². The van der Waals surface area contributed by atoms with Crippen LogP contribution in [0.25, 0.3) is 0 Å². The van der Waals surface area contributed by atoms with Gasteiger partial charge in [-0.05, 0) is 29.7 Å². The molecule has 1 aromatic carbocycles. The molecule has 1 aromatic rings. The average Bonchev–Trinajstić information content (AvgIpc) is 2.44. The number of benzene rings is 1. The lowest BCUT2D eigenvalue weighted by molar-refractivity contribution is -0.121. The number of halogens is 1. The van der Waals surface area contributed by atoms with Crippen LogP contribution in [-0.2, 0) is 9.59 Å². The molecule has 0 fully saturated rings. The first-order valence-corrected chi connectivity index (χ1v) is 5.45. The van der Waals surface area contributed by atoms with E-state index in [2.05, 4.69) is 0 Å². The molecule has 0 saturated carbocycles. The first-order chi connectivity index (χ1) is 7.52. The van der Waals surface area contributed by atoms with E-state index in [1.165, 1.54) is 0 Å². The highest BCUT2D eigenvalue weighted by Gasteiger charge is 2.36. The predicted octanol–water partition coefficient (Wildman–Crippen LogP) is 2.21. The molecule has 0 aliphatic carbocycles. The van der Waals surface area contributed by atoms with E-state index in [-0.39, 0.29) is 12.3 Å². The van der Waals surface area contributed by atoms with E-state index in [1.807, 2.05) is 25.1 Å². The van der Waals surface area contributed by atoms with Gasteiger partial charge in [0.2, 0.25) is 11.1 Å². The molecule has 1 aliphatic heterocycles. The molecule has 0 spiro atoms. The number of hydrogen-bond donors (Lipinski definition) is 0. The van der Waals surface area contributed by atoms with Crippen molar-refractivity contribution in [3.63, 3.8) is 0 Å². The van der Waals surface area contributed by atoms with Gasteiger partial charge >= 0.3 is 0 Å². The summed E-state index contributed by atoms with van der Waals surface area (Å²) in [6.07, 6.45) is 0.0706. The van der Waals surface area contributed by atoms with Crippen molar-refractivity contribution in [1.29, 1.82) is 0 Å². The fourth-order valence-corrected chi connectivity index (χ4v) is 2.41. The summed E-state index contributed by atoms with van der Waals surface area (Å²) >= 11 is 5.37. The van der Waals surface area contributed by atoms with Crippen molar-refractivity contribution in [2.75, 3.05) is 11.9 Å². The topological polar surface area (TPSA) is 37.4 Å². The molecule has 3 nitrogen and oxygen atoms in total. The molecule has 0 aromatic heterocycles. The van der Waals surface area contributed by atoms with Crippen molar-refractivity contribution in [2.45, 2.75) is 19.3 Å². The largest absolute Gasteiger partial charge is 0.314 e. The summed E-state index contributed by atoms with van der Waals surface area (Å²) in [5.41, 5.74) is 2.86. The van der Waals surface area contributed by atoms with Crippen LogP contribution in [0, 0.1) is 6.92 Å².